The number of nitrogens with zero attached hydrogens (tertiary/aromatic N) is 5. The van der Waals surface area contributed by atoms with E-state index in [4.69, 9.17) is 25.0 Å². The molecule has 1 aliphatic rings. The molecule has 0 saturated carbocycles. The van der Waals surface area contributed by atoms with Crippen LogP contribution in [0.4, 0.5) is 17.5 Å². The number of thiazole rings is 1. The summed E-state index contributed by atoms with van der Waals surface area (Å²) < 4.78 is 0. The van der Waals surface area contributed by atoms with Crippen LogP contribution in [0.5, 0.6) is 0 Å². The van der Waals surface area contributed by atoms with Gasteiger partial charge in [-0.25, -0.2) is 19.9 Å². The molecule has 0 amide bonds. The number of anilines is 3. The second-order valence-electron chi connectivity index (χ2n) is 10.1. The first-order chi connectivity index (χ1) is 20.1. The number of aryl methyl sites for hydroxylation is 1. The number of carboxylic acid groups (broad SMARTS) is 1. The van der Waals surface area contributed by atoms with E-state index in [2.05, 4.69) is 45.9 Å². The number of hydrogen-bond donors (Lipinski definition) is 3. The fourth-order valence-electron chi connectivity index (χ4n) is 4.88. The molecule has 0 atom stereocenters. The van der Waals surface area contributed by atoms with Crippen molar-refractivity contribution in [1.82, 2.24) is 25.3 Å². The molecule has 41 heavy (non-hydrogen) atoms. The largest absolute Gasteiger partial charge is 0.481 e. The Balaban J connectivity index is 1.24. The van der Waals surface area contributed by atoms with Gasteiger partial charge >= 0.3 is 5.97 Å². The van der Waals surface area contributed by atoms with Gasteiger partial charge in [0.2, 0.25) is 5.95 Å². The molecular formula is C31H31N7O2S. The Morgan fingerprint density at radius 1 is 0.878 bits per heavy atom. The minimum atomic E-state index is -0.799. The summed E-state index contributed by atoms with van der Waals surface area (Å²) >= 11 is 1.61. The number of fused-ring (bicyclic) bond motifs is 1. The summed E-state index contributed by atoms with van der Waals surface area (Å²) in [6, 6.07) is 24.2. The van der Waals surface area contributed by atoms with E-state index in [1.165, 1.54) is 5.56 Å². The van der Waals surface area contributed by atoms with Crippen molar-refractivity contribution < 1.29 is 9.90 Å². The van der Waals surface area contributed by atoms with Gasteiger partial charge in [-0.2, -0.15) is 0 Å². The molecule has 1 saturated heterocycles. The normalized spacial score (nSPS) is 13.4. The summed E-state index contributed by atoms with van der Waals surface area (Å²) in [7, 11) is 0. The second-order valence-corrected chi connectivity index (χ2v) is 11.1. The molecule has 208 valence electrons. The Kier molecular flexibility index (Phi) is 8.11. The molecule has 1 fully saturated rings. The standard InChI is InChI=1S/C31H31N7O2S/c39-29(40)13-8-21-6-9-23(10-7-21)33-31-34-24(18-22-4-2-1-3-5-22)19-25(35-31)20-28-36-26-11-12-27(37-30(26)41-28)38-16-14-32-15-17-38/h1-7,9-12,19,32H,8,13-18,20H2,(H,39,40)(H,33,34,35). The number of benzene rings is 2. The molecule has 6 rings (SSSR count). The van der Waals surface area contributed by atoms with Gasteiger partial charge in [0.15, 0.2) is 0 Å². The molecule has 3 N–H and O–H groups in total. The Morgan fingerprint density at radius 3 is 2.39 bits per heavy atom. The van der Waals surface area contributed by atoms with Crippen molar-refractivity contribution >= 4 is 45.1 Å². The molecule has 0 radical (unpaired) electrons. The number of rotatable bonds is 10. The minimum absolute atomic E-state index is 0.110. The molecule has 1 aliphatic heterocycles. The van der Waals surface area contributed by atoms with E-state index in [0.717, 1.165) is 70.0 Å². The topological polar surface area (TPSA) is 116 Å². The number of hydrogen-bond acceptors (Lipinski definition) is 9. The predicted octanol–water partition coefficient (Wildman–Crippen LogP) is 4.83. The second kappa shape index (κ2) is 12.4. The molecule has 2 aromatic carbocycles. The SMILES string of the molecule is O=C(O)CCc1ccc(Nc2nc(Cc3ccccc3)cc(Cc3nc4ccc(N5CCNCC5)nc4s3)n2)cc1. The lowest BCUT2D eigenvalue weighted by Gasteiger charge is -2.28. The third kappa shape index (κ3) is 7.03. The summed E-state index contributed by atoms with van der Waals surface area (Å²) in [5.74, 6) is 0.723. The van der Waals surface area contributed by atoms with Gasteiger partial charge in [-0.3, -0.25) is 4.79 Å². The number of piperazine rings is 1. The zero-order chi connectivity index (χ0) is 28.0. The van der Waals surface area contributed by atoms with E-state index in [1.807, 2.05) is 42.5 Å². The van der Waals surface area contributed by atoms with Crippen LogP contribution in [0, 0.1) is 0 Å². The van der Waals surface area contributed by atoms with E-state index in [-0.39, 0.29) is 6.42 Å². The first-order valence-electron chi connectivity index (χ1n) is 13.8. The Labute approximate surface area is 242 Å². The van der Waals surface area contributed by atoms with Gasteiger partial charge in [-0.05, 0) is 47.9 Å². The van der Waals surface area contributed by atoms with Crippen molar-refractivity contribution in [3.63, 3.8) is 0 Å². The van der Waals surface area contributed by atoms with Gasteiger partial charge in [0.25, 0.3) is 0 Å². The zero-order valence-electron chi connectivity index (χ0n) is 22.6. The lowest BCUT2D eigenvalue weighted by molar-refractivity contribution is -0.136. The van der Waals surface area contributed by atoms with E-state index in [9.17, 15) is 4.79 Å². The molecule has 0 unspecified atom stereocenters. The van der Waals surface area contributed by atoms with Crippen LogP contribution in [-0.4, -0.2) is 57.2 Å². The van der Waals surface area contributed by atoms with Gasteiger partial charge in [0.05, 0.1) is 11.4 Å². The lowest BCUT2D eigenvalue weighted by Crippen LogP contribution is -2.43. The number of carboxylic acids is 1. The van der Waals surface area contributed by atoms with Crippen molar-refractivity contribution in [3.8, 4) is 0 Å². The monoisotopic (exact) mass is 565 g/mol. The Morgan fingerprint density at radius 2 is 1.63 bits per heavy atom. The highest BCUT2D eigenvalue weighted by Crippen LogP contribution is 2.26. The first kappa shape index (κ1) is 26.8. The maximum absolute atomic E-state index is 10.9. The summed E-state index contributed by atoms with van der Waals surface area (Å²) in [6.45, 7) is 3.85. The maximum Gasteiger partial charge on any atom is 0.303 e. The van der Waals surface area contributed by atoms with Crippen molar-refractivity contribution in [2.45, 2.75) is 25.7 Å². The van der Waals surface area contributed by atoms with Crippen LogP contribution in [0.1, 0.15) is 33.9 Å². The number of nitrogens with one attached hydrogen (secondary N) is 2. The number of aliphatic carboxylic acids is 1. The molecule has 5 aromatic rings. The van der Waals surface area contributed by atoms with E-state index >= 15 is 0 Å². The summed E-state index contributed by atoms with van der Waals surface area (Å²) in [5.41, 5.74) is 5.70. The van der Waals surface area contributed by atoms with Gasteiger partial charge in [0, 0.05) is 51.1 Å². The molecule has 0 spiro atoms. The molecule has 9 nitrogen and oxygen atoms in total. The number of aromatic nitrogens is 4. The first-order valence-corrected chi connectivity index (χ1v) is 14.6. The van der Waals surface area contributed by atoms with Crippen LogP contribution in [0.3, 0.4) is 0 Å². The maximum atomic E-state index is 10.9. The van der Waals surface area contributed by atoms with Crippen LogP contribution in [0.25, 0.3) is 10.3 Å². The smallest absolute Gasteiger partial charge is 0.303 e. The van der Waals surface area contributed by atoms with Crippen molar-refractivity contribution in [1.29, 1.82) is 0 Å². The quantitative estimate of drug-likeness (QED) is 0.219. The summed E-state index contributed by atoms with van der Waals surface area (Å²) in [6.07, 6.45) is 1.88. The molecule has 0 aliphatic carbocycles. The van der Waals surface area contributed by atoms with Gasteiger partial charge in [0.1, 0.15) is 21.2 Å². The highest BCUT2D eigenvalue weighted by molar-refractivity contribution is 7.18. The fraction of sp³-hybridized carbons (Fsp3) is 0.258. The highest BCUT2D eigenvalue weighted by atomic mass is 32.1. The third-order valence-electron chi connectivity index (χ3n) is 6.96. The molecule has 0 bridgehead atoms. The van der Waals surface area contributed by atoms with Gasteiger partial charge in [-0.1, -0.05) is 53.8 Å². The van der Waals surface area contributed by atoms with Gasteiger partial charge < -0.3 is 20.6 Å². The van der Waals surface area contributed by atoms with Crippen LogP contribution in [-0.2, 0) is 24.1 Å². The number of pyridine rings is 1. The summed E-state index contributed by atoms with van der Waals surface area (Å²) in [5, 5.41) is 16.6. The highest BCUT2D eigenvalue weighted by Gasteiger charge is 2.15. The van der Waals surface area contributed by atoms with E-state index < -0.39 is 5.97 Å². The Bertz CT molecular complexity index is 1630. The lowest BCUT2D eigenvalue weighted by atomic mass is 10.1. The molecular weight excluding hydrogens is 534 g/mol. The average molecular weight is 566 g/mol. The number of carbonyl (C=O) groups is 1. The molecule has 3 aromatic heterocycles. The predicted molar refractivity (Wildman–Crippen MR) is 162 cm³/mol. The van der Waals surface area contributed by atoms with Gasteiger partial charge in [-0.15, -0.1) is 0 Å². The van der Waals surface area contributed by atoms with Crippen molar-refractivity contribution in [2.75, 3.05) is 36.4 Å². The van der Waals surface area contributed by atoms with Crippen LogP contribution in [0.2, 0.25) is 0 Å². The van der Waals surface area contributed by atoms with Crippen LogP contribution >= 0.6 is 11.3 Å². The fourth-order valence-corrected chi connectivity index (χ4v) is 5.83. The van der Waals surface area contributed by atoms with Crippen LogP contribution < -0.4 is 15.5 Å². The zero-order valence-corrected chi connectivity index (χ0v) is 23.4. The summed E-state index contributed by atoms with van der Waals surface area (Å²) in [4.78, 5) is 33.6. The van der Waals surface area contributed by atoms with E-state index in [1.54, 1.807) is 11.3 Å². The Hall–Kier alpha value is -4.41. The van der Waals surface area contributed by atoms with Crippen molar-refractivity contribution in [3.05, 3.63) is 100 Å². The molecule has 10 heteroatoms. The van der Waals surface area contributed by atoms with E-state index in [0.29, 0.717) is 25.2 Å². The third-order valence-corrected chi connectivity index (χ3v) is 7.92. The average Bonchev–Trinajstić information content (AvgIpc) is 3.39. The van der Waals surface area contributed by atoms with Crippen molar-refractivity contribution in [2.24, 2.45) is 0 Å². The minimum Gasteiger partial charge on any atom is -0.481 e. The molecule has 4 heterocycles. The van der Waals surface area contributed by atoms with Crippen LogP contribution in [0.15, 0.2) is 72.8 Å².